The highest BCUT2D eigenvalue weighted by Gasteiger charge is 2.43. The summed E-state index contributed by atoms with van der Waals surface area (Å²) in [6, 6.07) is 6.22. The summed E-state index contributed by atoms with van der Waals surface area (Å²) < 4.78 is 106. The second-order valence-electron chi connectivity index (χ2n) is 8.48. The first-order valence-corrected chi connectivity index (χ1v) is 12.4. The van der Waals surface area contributed by atoms with E-state index in [0.29, 0.717) is 11.8 Å². The average molecular weight is 543 g/mol. The fourth-order valence-electron chi connectivity index (χ4n) is 4.06. The van der Waals surface area contributed by atoms with Gasteiger partial charge in [-0.2, -0.15) is 17.5 Å². The van der Waals surface area contributed by atoms with E-state index in [1.807, 2.05) is 0 Å². The van der Waals surface area contributed by atoms with Crippen LogP contribution in [0.5, 0.6) is 0 Å². The first-order valence-electron chi connectivity index (χ1n) is 11.0. The van der Waals surface area contributed by atoms with Crippen LogP contribution in [0.3, 0.4) is 0 Å². The molecule has 0 aliphatic carbocycles. The fourth-order valence-corrected chi connectivity index (χ4v) is 5.70. The number of halogens is 6. The summed E-state index contributed by atoms with van der Waals surface area (Å²) in [6.45, 7) is -0.535. The number of benzene rings is 2. The van der Waals surface area contributed by atoms with E-state index in [0.717, 1.165) is 46.9 Å². The molecule has 196 valence electrons. The van der Waals surface area contributed by atoms with Crippen LogP contribution < -0.4 is 0 Å². The van der Waals surface area contributed by atoms with Crippen LogP contribution in [0.25, 0.3) is 11.3 Å². The number of alkyl halides is 4. The molecule has 1 fully saturated rings. The molecule has 2 heterocycles. The zero-order valence-corrected chi connectivity index (χ0v) is 19.7. The van der Waals surface area contributed by atoms with E-state index in [2.05, 4.69) is 9.97 Å². The van der Waals surface area contributed by atoms with Gasteiger partial charge in [-0.15, -0.1) is 0 Å². The van der Waals surface area contributed by atoms with Crippen LogP contribution in [0, 0.1) is 11.6 Å². The zero-order chi connectivity index (χ0) is 27.0. The van der Waals surface area contributed by atoms with Crippen molar-refractivity contribution in [3.05, 3.63) is 77.8 Å². The molecule has 2 aromatic carbocycles. The Bertz CT molecular complexity index is 1400. The van der Waals surface area contributed by atoms with Gasteiger partial charge in [-0.05, 0) is 54.4 Å². The van der Waals surface area contributed by atoms with Gasteiger partial charge in [-0.3, -0.25) is 9.78 Å². The maximum absolute atomic E-state index is 14.2. The lowest BCUT2D eigenvalue weighted by molar-refractivity contribution is -0.141. The van der Waals surface area contributed by atoms with Crippen LogP contribution in [-0.2, 0) is 27.4 Å². The molecule has 2 atom stereocenters. The third kappa shape index (κ3) is 5.99. The quantitative estimate of drug-likeness (QED) is 0.402. The topological polar surface area (TPSA) is 80.2 Å². The molecule has 6 nitrogen and oxygen atoms in total. The summed E-state index contributed by atoms with van der Waals surface area (Å²) in [4.78, 5) is 19.6. The van der Waals surface area contributed by atoms with Crippen molar-refractivity contribution >= 4 is 15.8 Å². The molecule has 0 radical (unpaired) electrons. The van der Waals surface area contributed by atoms with E-state index in [9.17, 15) is 39.6 Å². The second kappa shape index (κ2) is 10.2. The Morgan fingerprint density at radius 1 is 1.00 bits per heavy atom. The van der Waals surface area contributed by atoms with Crippen molar-refractivity contribution in [1.82, 2.24) is 14.3 Å². The minimum atomic E-state index is -4.68. The first-order chi connectivity index (χ1) is 17.3. The molecular formula is C24H19F6N3O3S. The van der Waals surface area contributed by atoms with Crippen LogP contribution >= 0.6 is 0 Å². The molecule has 0 N–H and O–H groups in total. The van der Waals surface area contributed by atoms with Crippen LogP contribution in [0.4, 0.5) is 26.3 Å². The van der Waals surface area contributed by atoms with E-state index in [-0.39, 0.29) is 35.4 Å². The predicted octanol–water partition coefficient (Wildman–Crippen LogP) is 4.74. The number of sulfonamides is 1. The number of aryl methyl sites for hydroxylation is 1. The third-order valence-corrected chi connectivity index (χ3v) is 7.74. The molecule has 0 unspecified atom stereocenters. The van der Waals surface area contributed by atoms with E-state index < -0.39 is 58.1 Å². The minimum Gasteiger partial charge on any atom is -0.298 e. The highest BCUT2D eigenvalue weighted by atomic mass is 32.2. The fraction of sp³-hybridized carbons (Fsp3) is 0.292. The second-order valence-corrected chi connectivity index (χ2v) is 10.4. The molecule has 4 rings (SSSR count). The number of hydrogen-bond acceptors (Lipinski definition) is 5. The molecule has 1 aromatic heterocycles. The highest BCUT2D eigenvalue weighted by molar-refractivity contribution is 7.89. The monoisotopic (exact) mass is 543 g/mol. The average Bonchev–Trinajstić information content (AvgIpc) is 3.25. The SMILES string of the molecule is O=C(CCc1cc(F)cc(-c2cnc(C(F)(F)F)cn2)c1)[C@@H]1C[C@@H](F)CN1S(=O)(=O)c1ccc(F)cc1. The van der Waals surface area contributed by atoms with Crippen LogP contribution in [0.15, 0.2) is 59.8 Å². The Morgan fingerprint density at radius 2 is 1.70 bits per heavy atom. The lowest BCUT2D eigenvalue weighted by atomic mass is 10.00. The number of rotatable bonds is 7. The molecule has 1 aliphatic rings. The van der Waals surface area contributed by atoms with E-state index in [4.69, 9.17) is 0 Å². The van der Waals surface area contributed by atoms with Gasteiger partial charge < -0.3 is 0 Å². The van der Waals surface area contributed by atoms with Crippen molar-refractivity contribution in [2.45, 2.75) is 42.5 Å². The number of hydrogen-bond donors (Lipinski definition) is 0. The summed E-state index contributed by atoms with van der Waals surface area (Å²) in [5.74, 6) is -1.98. The molecule has 3 aromatic rings. The molecule has 37 heavy (non-hydrogen) atoms. The molecule has 13 heteroatoms. The summed E-state index contributed by atoms with van der Waals surface area (Å²) in [7, 11) is -4.28. The molecule has 0 amide bonds. The van der Waals surface area contributed by atoms with Gasteiger partial charge in [0, 0.05) is 24.9 Å². The van der Waals surface area contributed by atoms with Crippen LogP contribution in [0.1, 0.15) is 24.1 Å². The van der Waals surface area contributed by atoms with Crippen molar-refractivity contribution in [3.63, 3.8) is 0 Å². The third-order valence-electron chi connectivity index (χ3n) is 5.85. The van der Waals surface area contributed by atoms with Gasteiger partial charge in [-0.25, -0.2) is 26.6 Å². The Kier molecular flexibility index (Phi) is 7.38. The van der Waals surface area contributed by atoms with Gasteiger partial charge >= 0.3 is 6.18 Å². The summed E-state index contributed by atoms with van der Waals surface area (Å²) in [6.07, 6.45) is -5.55. The van der Waals surface area contributed by atoms with Crippen molar-refractivity contribution in [2.24, 2.45) is 0 Å². The van der Waals surface area contributed by atoms with Crippen LogP contribution in [-0.4, -0.2) is 47.2 Å². The van der Waals surface area contributed by atoms with Gasteiger partial charge in [-0.1, -0.05) is 0 Å². The van der Waals surface area contributed by atoms with Gasteiger partial charge in [0.25, 0.3) is 0 Å². The van der Waals surface area contributed by atoms with Gasteiger partial charge in [0.05, 0.1) is 29.0 Å². The number of ketones is 1. The van der Waals surface area contributed by atoms with Gasteiger partial charge in [0.15, 0.2) is 11.5 Å². The van der Waals surface area contributed by atoms with E-state index in [1.54, 1.807) is 0 Å². The lowest BCUT2D eigenvalue weighted by Crippen LogP contribution is -2.40. The smallest absolute Gasteiger partial charge is 0.298 e. The van der Waals surface area contributed by atoms with Crippen molar-refractivity contribution in [1.29, 1.82) is 0 Å². The van der Waals surface area contributed by atoms with Crippen molar-refractivity contribution in [3.8, 4) is 11.3 Å². The van der Waals surface area contributed by atoms with Gasteiger partial charge in [0.2, 0.25) is 10.0 Å². The normalized spacial score (nSPS) is 18.8. The largest absolute Gasteiger partial charge is 0.434 e. The number of aromatic nitrogens is 2. The Hall–Kier alpha value is -3.32. The van der Waals surface area contributed by atoms with Crippen LogP contribution in [0.2, 0.25) is 0 Å². The summed E-state index contributed by atoms with van der Waals surface area (Å²) in [5, 5.41) is 0. The minimum absolute atomic E-state index is 0.0206. The summed E-state index contributed by atoms with van der Waals surface area (Å²) in [5.41, 5.74) is -0.796. The Morgan fingerprint density at radius 3 is 2.32 bits per heavy atom. The molecule has 0 saturated carbocycles. The summed E-state index contributed by atoms with van der Waals surface area (Å²) >= 11 is 0. The van der Waals surface area contributed by atoms with E-state index >= 15 is 0 Å². The standard InChI is InChI=1S/C24H19F6N3O3S/c25-16-2-4-19(5-3-16)37(35,36)33-13-18(27)10-21(33)22(34)6-1-14-7-15(9-17(26)8-14)20-11-32-23(12-31-20)24(28,29)30/h2-5,7-9,11-12,18,21H,1,6,10,13H2/t18-,21+/m1/s1. The van der Waals surface area contributed by atoms with Crippen molar-refractivity contribution < 1.29 is 39.6 Å². The van der Waals surface area contributed by atoms with Gasteiger partial charge in [0.1, 0.15) is 17.8 Å². The molecule has 0 spiro atoms. The maximum atomic E-state index is 14.2. The van der Waals surface area contributed by atoms with E-state index in [1.165, 1.54) is 6.07 Å². The Balaban J connectivity index is 1.50. The Labute approximate surface area is 208 Å². The van der Waals surface area contributed by atoms with Crippen molar-refractivity contribution in [2.75, 3.05) is 6.54 Å². The number of carbonyl (C=O) groups is 1. The number of carbonyl (C=O) groups excluding carboxylic acids is 1. The molecule has 1 aliphatic heterocycles. The lowest BCUT2D eigenvalue weighted by Gasteiger charge is -2.23. The predicted molar refractivity (Wildman–Crippen MR) is 119 cm³/mol. The first kappa shape index (κ1) is 26.7. The molecule has 1 saturated heterocycles. The maximum Gasteiger partial charge on any atom is 0.434 e. The number of nitrogens with zero attached hydrogens (tertiary/aromatic N) is 3. The molecule has 0 bridgehead atoms. The molecular weight excluding hydrogens is 524 g/mol. The number of Topliss-reactive ketones (excluding diaryl/α,β-unsaturated/α-hetero) is 1. The highest BCUT2D eigenvalue weighted by Crippen LogP contribution is 2.31. The zero-order valence-electron chi connectivity index (χ0n) is 18.9.